The fraction of sp³-hybridized carbons (Fsp3) is 0.238. The quantitative estimate of drug-likeness (QED) is 0.714. The number of methoxy groups -OCH3 is 1. The van der Waals surface area contributed by atoms with Crippen molar-refractivity contribution in [3.05, 3.63) is 65.4 Å². The third kappa shape index (κ3) is 2.13. The Hall–Kier alpha value is -3.28. The number of hydrogen-bond donors (Lipinski definition) is 1. The molecule has 0 unspecified atom stereocenters. The van der Waals surface area contributed by atoms with E-state index >= 15 is 0 Å². The first-order chi connectivity index (χ1) is 13.1. The molecule has 2 atom stereocenters. The van der Waals surface area contributed by atoms with Crippen molar-refractivity contribution in [1.82, 2.24) is 14.8 Å². The van der Waals surface area contributed by atoms with Crippen LogP contribution in [0.4, 0.5) is 4.79 Å². The molecule has 0 bridgehead atoms. The minimum atomic E-state index is -0.471. The Balaban J connectivity index is 1.74. The molecule has 6 nitrogen and oxygen atoms in total. The Morgan fingerprint density at radius 1 is 1.07 bits per heavy atom. The highest BCUT2D eigenvalue weighted by Gasteiger charge is 2.51. The normalized spacial score (nSPS) is 21.6. The average Bonchev–Trinajstić information content (AvgIpc) is 3.18. The zero-order chi connectivity index (χ0) is 18.7. The van der Waals surface area contributed by atoms with Crippen LogP contribution < -0.4 is 4.74 Å². The summed E-state index contributed by atoms with van der Waals surface area (Å²) in [7, 11) is 3.18. The van der Waals surface area contributed by atoms with Crippen molar-refractivity contribution < 1.29 is 14.3 Å². The molecule has 3 amide bonds. The van der Waals surface area contributed by atoms with Gasteiger partial charge in [0.25, 0.3) is 5.91 Å². The topological polar surface area (TPSA) is 65.6 Å². The Morgan fingerprint density at radius 2 is 1.81 bits per heavy atom. The number of carbonyl (C=O) groups excluding carboxylic acids is 2. The summed E-state index contributed by atoms with van der Waals surface area (Å²) in [5, 5.41) is 1.11. The number of hydrogen-bond acceptors (Lipinski definition) is 3. The molecule has 1 aromatic heterocycles. The molecule has 0 radical (unpaired) electrons. The third-order valence-electron chi connectivity index (χ3n) is 5.69. The molecule has 5 rings (SSSR count). The first kappa shape index (κ1) is 15.9. The van der Waals surface area contributed by atoms with Crippen LogP contribution >= 0.6 is 0 Å². The van der Waals surface area contributed by atoms with Crippen molar-refractivity contribution >= 4 is 22.8 Å². The summed E-state index contributed by atoms with van der Waals surface area (Å²) < 4.78 is 5.27. The highest BCUT2D eigenvalue weighted by Crippen LogP contribution is 2.43. The van der Waals surface area contributed by atoms with Crippen LogP contribution in [0.1, 0.15) is 22.9 Å². The maximum absolute atomic E-state index is 12.9. The van der Waals surface area contributed by atoms with E-state index in [9.17, 15) is 9.59 Å². The molecule has 6 heteroatoms. The van der Waals surface area contributed by atoms with Gasteiger partial charge < -0.3 is 9.72 Å². The second kappa shape index (κ2) is 5.61. The summed E-state index contributed by atoms with van der Waals surface area (Å²) in [6.45, 7) is 0. The molecule has 0 saturated carbocycles. The van der Waals surface area contributed by atoms with E-state index in [1.807, 2.05) is 42.5 Å². The summed E-state index contributed by atoms with van der Waals surface area (Å²) >= 11 is 0. The molecule has 27 heavy (non-hydrogen) atoms. The lowest BCUT2D eigenvalue weighted by molar-refractivity contribution is -0.127. The van der Waals surface area contributed by atoms with Crippen LogP contribution in [0, 0.1) is 0 Å². The fourth-order valence-corrected chi connectivity index (χ4v) is 4.34. The number of amides is 3. The van der Waals surface area contributed by atoms with Gasteiger partial charge in [0.15, 0.2) is 0 Å². The number of nitrogens with zero attached hydrogens (tertiary/aromatic N) is 2. The van der Waals surface area contributed by atoms with E-state index < -0.39 is 6.04 Å². The maximum atomic E-state index is 12.9. The Labute approximate surface area is 156 Å². The Morgan fingerprint density at radius 3 is 2.56 bits per heavy atom. The molecular formula is C21H19N3O3. The third-order valence-corrected chi connectivity index (χ3v) is 5.69. The van der Waals surface area contributed by atoms with Crippen LogP contribution in [0.5, 0.6) is 5.75 Å². The zero-order valence-electron chi connectivity index (χ0n) is 15.1. The van der Waals surface area contributed by atoms with Gasteiger partial charge in [-0.2, -0.15) is 0 Å². The number of rotatable bonds is 2. The number of likely N-dealkylation sites (N-methyl/N-ethyl adjacent to an activating group) is 1. The van der Waals surface area contributed by atoms with Crippen LogP contribution in [0.15, 0.2) is 48.5 Å². The maximum Gasteiger partial charge on any atom is 0.328 e. The first-order valence-corrected chi connectivity index (χ1v) is 8.93. The van der Waals surface area contributed by atoms with Crippen LogP contribution in [-0.4, -0.2) is 46.9 Å². The lowest BCUT2D eigenvalue weighted by atomic mass is 9.89. The summed E-state index contributed by atoms with van der Waals surface area (Å²) in [4.78, 5) is 32.0. The number of imide groups is 1. The number of benzene rings is 2. The van der Waals surface area contributed by atoms with Gasteiger partial charge in [-0.25, -0.2) is 4.79 Å². The predicted octanol–water partition coefficient (Wildman–Crippen LogP) is 3.08. The van der Waals surface area contributed by atoms with Crippen molar-refractivity contribution in [2.24, 2.45) is 0 Å². The van der Waals surface area contributed by atoms with Crippen molar-refractivity contribution in [3.63, 3.8) is 0 Å². The second-order valence-corrected chi connectivity index (χ2v) is 7.05. The molecule has 1 saturated heterocycles. The number of aromatic nitrogens is 1. The highest BCUT2D eigenvalue weighted by atomic mass is 16.5. The number of nitrogens with one attached hydrogen (secondary N) is 1. The van der Waals surface area contributed by atoms with Crippen LogP contribution in [-0.2, 0) is 11.2 Å². The highest BCUT2D eigenvalue weighted by molar-refractivity contribution is 6.05. The summed E-state index contributed by atoms with van der Waals surface area (Å²) in [6, 6.07) is 14.7. The zero-order valence-corrected chi connectivity index (χ0v) is 15.1. The Kier molecular flexibility index (Phi) is 3.31. The molecule has 2 aromatic carbocycles. The smallest absolute Gasteiger partial charge is 0.328 e. The van der Waals surface area contributed by atoms with Crippen LogP contribution in [0.3, 0.4) is 0 Å². The van der Waals surface area contributed by atoms with E-state index in [1.165, 1.54) is 4.90 Å². The predicted molar refractivity (Wildman–Crippen MR) is 101 cm³/mol. The van der Waals surface area contributed by atoms with Crippen molar-refractivity contribution in [3.8, 4) is 5.75 Å². The summed E-state index contributed by atoms with van der Waals surface area (Å²) in [5.74, 6) is 0.610. The fourth-order valence-electron chi connectivity index (χ4n) is 4.34. The number of H-pyrrole nitrogens is 1. The summed E-state index contributed by atoms with van der Waals surface area (Å²) in [5.41, 5.74) is 4.07. The number of aromatic amines is 1. The number of para-hydroxylation sites is 1. The molecule has 2 aliphatic rings. The molecule has 3 heterocycles. The van der Waals surface area contributed by atoms with Gasteiger partial charge in [-0.15, -0.1) is 0 Å². The second-order valence-electron chi connectivity index (χ2n) is 7.05. The van der Waals surface area contributed by atoms with Crippen LogP contribution in [0.25, 0.3) is 10.9 Å². The van der Waals surface area contributed by atoms with Gasteiger partial charge >= 0.3 is 6.03 Å². The van der Waals surface area contributed by atoms with Gasteiger partial charge in [0.05, 0.1) is 7.11 Å². The largest absolute Gasteiger partial charge is 0.497 e. The standard InChI is InChI=1S/C21H19N3O3/c1-23-20(25)17-11-15-14-5-3-4-6-16(14)22-18(15)19(24(17)21(23)26)12-7-9-13(27-2)10-8-12/h3-10,17,19,22H,11H2,1-2H3/t17-,19-/m0/s1. The SMILES string of the molecule is COc1ccc([C@H]2c3[nH]c4ccccc4c3C[C@H]3C(=O)N(C)C(=O)N23)cc1. The van der Waals surface area contributed by atoms with Gasteiger partial charge in [0.1, 0.15) is 17.8 Å². The number of urea groups is 1. The molecule has 3 aromatic rings. The van der Waals surface area contributed by atoms with Gasteiger partial charge in [-0.3, -0.25) is 14.6 Å². The van der Waals surface area contributed by atoms with Crippen molar-refractivity contribution in [1.29, 1.82) is 0 Å². The van der Waals surface area contributed by atoms with Gasteiger partial charge in [0, 0.05) is 30.1 Å². The lowest BCUT2D eigenvalue weighted by Gasteiger charge is -2.36. The molecular weight excluding hydrogens is 342 g/mol. The lowest BCUT2D eigenvalue weighted by Crippen LogP contribution is -2.44. The van der Waals surface area contributed by atoms with E-state index in [-0.39, 0.29) is 18.0 Å². The van der Waals surface area contributed by atoms with E-state index in [0.717, 1.165) is 33.5 Å². The minimum absolute atomic E-state index is 0.144. The van der Waals surface area contributed by atoms with E-state index in [1.54, 1.807) is 19.1 Å². The van der Waals surface area contributed by atoms with E-state index in [0.29, 0.717) is 6.42 Å². The molecule has 136 valence electrons. The molecule has 2 aliphatic heterocycles. The first-order valence-electron chi connectivity index (χ1n) is 8.93. The molecule has 1 fully saturated rings. The number of fused-ring (bicyclic) bond motifs is 4. The number of carbonyl (C=O) groups is 2. The van der Waals surface area contributed by atoms with E-state index in [4.69, 9.17) is 4.74 Å². The number of ether oxygens (including phenoxy) is 1. The monoisotopic (exact) mass is 361 g/mol. The van der Waals surface area contributed by atoms with Crippen molar-refractivity contribution in [2.45, 2.75) is 18.5 Å². The minimum Gasteiger partial charge on any atom is -0.497 e. The van der Waals surface area contributed by atoms with Crippen molar-refractivity contribution in [2.75, 3.05) is 14.2 Å². The molecule has 1 N–H and O–H groups in total. The van der Waals surface area contributed by atoms with Crippen LogP contribution in [0.2, 0.25) is 0 Å². The molecule has 0 spiro atoms. The van der Waals surface area contributed by atoms with Gasteiger partial charge in [-0.1, -0.05) is 30.3 Å². The average molecular weight is 361 g/mol. The molecule has 0 aliphatic carbocycles. The van der Waals surface area contributed by atoms with E-state index in [2.05, 4.69) is 11.1 Å². The van der Waals surface area contributed by atoms with Gasteiger partial charge in [-0.05, 0) is 29.3 Å². The van der Waals surface area contributed by atoms with Gasteiger partial charge in [0.2, 0.25) is 0 Å². The Bertz CT molecular complexity index is 1070. The summed E-state index contributed by atoms with van der Waals surface area (Å²) in [6.07, 6.45) is 0.529.